The molecule has 3 rings (SSSR count). The summed E-state index contributed by atoms with van der Waals surface area (Å²) in [5.74, 6) is 0.389. The number of carbonyl (C=O) groups excluding carboxylic acids is 2. The van der Waals surface area contributed by atoms with Crippen molar-refractivity contribution in [2.24, 2.45) is 0 Å². The van der Waals surface area contributed by atoms with Crippen molar-refractivity contribution in [3.8, 4) is 11.3 Å². The highest BCUT2D eigenvalue weighted by Gasteiger charge is 2.29. The van der Waals surface area contributed by atoms with Crippen LogP contribution in [0, 0.1) is 0 Å². The third kappa shape index (κ3) is 3.80. The molecule has 0 bridgehead atoms. The van der Waals surface area contributed by atoms with Crippen LogP contribution in [-0.2, 0) is 16.0 Å². The smallest absolute Gasteiger partial charge is 0.246 e. The molecule has 6 nitrogen and oxygen atoms in total. The Labute approximate surface area is 157 Å². The van der Waals surface area contributed by atoms with Crippen LogP contribution in [0.15, 0.2) is 47.5 Å². The van der Waals surface area contributed by atoms with Gasteiger partial charge in [-0.25, -0.2) is 0 Å². The van der Waals surface area contributed by atoms with Crippen molar-refractivity contribution in [1.82, 2.24) is 15.0 Å². The monoisotopic (exact) mass is 373 g/mol. The molecule has 1 atom stereocenters. The van der Waals surface area contributed by atoms with E-state index < -0.39 is 0 Å². The van der Waals surface area contributed by atoms with Crippen LogP contribution in [0.4, 0.5) is 0 Å². The van der Waals surface area contributed by atoms with Gasteiger partial charge in [-0.1, -0.05) is 35.5 Å². The number of carbonyl (C=O) groups is 2. The molecule has 1 aromatic carbocycles. The van der Waals surface area contributed by atoms with E-state index in [1.54, 1.807) is 21.9 Å². The number of rotatable bonds is 4. The zero-order chi connectivity index (χ0) is 18.7. The normalized spacial score (nSPS) is 17.2. The van der Waals surface area contributed by atoms with E-state index in [1.165, 1.54) is 6.08 Å². The summed E-state index contributed by atoms with van der Waals surface area (Å²) in [5, 5.41) is 4.56. The van der Waals surface area contributed by atoms with Gasteiger partial charge in [0.2, 0.25) is 11.8 Å². The first-order valence-corrected chi connectivity index (χ1v) is 8.78. The minimum atomic E-state index is -0.107. The van der Waals surface area contributed by atoms with Gasteiger partial charge in [-0.05, 0) is 25.1 Å². The van der Waals surface area contributed by atoms with E-state index in [0.29, 0.717) is 36.1 Å². The predicted octanol–water partition coefficient (Wildman–Crippen LogP) is 2.78. The predicted molar refractivity (Wildman–Crippen MR) is 98.6 cm³/mol. The second-order valence-electron chi connectivity index (χ2n) is 6.26. The van der Waals surface area contributed by atoms with Crippen LogP contribution in [0.1, 0.15) is 12.6 Å². The molecule has 0 aliphatic carbocycles. The lowest BCUT2D eigenvalue weighted by atomic mass is 10.1. The van der Waals surface area contributed by atoms with E-state index in [0.717, 1.165) is 5.56 Å². The summed E-state index contributed by atoms with van der Waals surface area (Å²) in [6.45, 7) is 6.93. The molecule has 0 saturated carbocycles. The number of piperazine rings is 1. The van der Waals surface area contributed by atoms with E-state index in [9.17, 15) is 9.59 Å². The molecule has 0 N–H and O–H groups in total. The summed E-state index contributed by atoms with van der Waals surface area (Å²) in [5.41, 5.74) is 1.30. The Kier molecular flexibility index (Phi) is 5.42. The van der Waals surface area contributed by atoms with Gasteiger partial charge >= 0.3 is 0 Å². The van der Waals surface area contributed by atoms with Gasteiger partial charge in [0, 0.05) is 37.3 Å². The third-order valence-electron chi connectivity index (χ3n) is 4.46. The van der Waals surface area contributed by atoms with Gasteiger partial charge in [0.05, 0.1) is 17.1 Å². The molecule has 1 aliphatic heterocycles. The molecule has 1 saturated heterocycles. The molecule has 0 radical (unpaired) electrons. The van der Waals surface area contributed by atoms with Crippen molar-refractivity contribution in [2.75, 3.05) is 19.6 Å². The first-order valence-electron chi connectivity index (χ1n) is 8.41. The molecule has 1 fully saturated rings. The Hall–Kier alpha value is -2.60. The highest BCUT2D eigenvalue weighted by molar-refractivity contribution is 6.33. The molecule has 2 amide bonds. The Morgan fingerprint density at radius 3 is 2.85 bits per heavy atom. The van der Waals surface area contributed by atoms with Gasteiger partial charge in [0.25, 0.3) is 0 Å². The summed E-state index contributed by atoms with van der Waals surface area (Å²) in [7, 11) is 0. The summed E-state index contributed by atoms with van der Waals surface area (Å²) in [4.78, 5) is 27.8. The van der Waals surface area contributed by atoms with Crippen LogP contribution in [0.3, 0.4) is 0 Å². The second kappa shape index (κ2) is 7.74. The van der Waals surface area contributed by atoms with Crippen LogP contribution in [0.5, 0.6) is 0 Å². The number of aromatic nitrogens is 1. The van der Waals surface area contributed by atoms with Crippen molar-refractivity contribution in [3.63, 3.8) is 0 Å². The van der Waals surface area contributed by atoms with Crippen molar-refractivity contribution < 1.29 is 14.1 Å². The summed E-state index contributed by atoms with van der Waals surface area (Å²) in [6, 6.07) is 8.99. The highest BCUT2D eigenvalue weighted by atomic mass is 35.5. The lowest BCUT2D eigenvalue weighted by molar-refractivity contribution is -0.139. The fourth-order valence-corrected chi connectivity index (χ4v) is 3.33. The zero-order valence-corrected chi connectivity index (χ0v) is 15.3. The number of hydrogen-bond acceptors (Lipinski definition) is 4. The first-order chi connectivity index (χ1) is 12.5. The van der Waals surface area contributed by atoms with Crippen LogP contribution < -0.4 is 0 Å². The fraction of sp³-hybridized carbons (Fsp3) is 0.316. The van der Waals surface area contributed by atoms with Gasteiger partial charge < -0.3 is 14.3 Å². The molecular weight excluding hydrogens is 354 g/mol. The number of amides is 2. The van der Waals surface area contributed by atoms with E-state index in [1.807, 2.05) is 25.1 Å². The highest BCUT2D eigenvalue weighted by Crippen LogP contribution is 2.28. The van der Waals surface area contributed by atoms with Crippen LogP contribution in [0.25, 0.3) is 11.3 Å². The quantitative estimate of drug-likeness (QED) is 0.773. The average molecular weight is 374 g/mol. The first kappa shape index (κ1) is 18.2. The lowest BCUT2D eigenvalue weighted by Gasteiger charge is -2.39. The Morgan fingerprint density at radius 2 is 2.15 bits per heavy atom. The largest absolute Gasteiger partial charge is 0.356 e. The van der Waals surface area contributed by atoms with Gasteiger partial charge in [-0.3, -0.25) is 9.59 Å². The SMILES string of the molecule is C=CC(=O)N1CCN(C(=O)Cc2cc(-c3ccccc3Cl)on2)[C@@H](C)C1. The minimum absolute atomic E-state index is 0.0396. The van der Waals surface area contributed by atoms with Crippen LogP contribution >= 0.6 is 11.6 Å². The van der Waals surface area contributed by atoms with Gasteiger partial charge in [-0.15, -0.1) is 0 Å². The number of benzene rings is 1. The summed E-state index contributed by atoms with van der Waals surface area (Å²) < 4.78 is 5.34. The van der Waals surface area contributed by atoms with Gasteiger partial charge in [0.1, 0.15) is 0 Å². The molecule has 2 heterocycles. The lowest BCUT2D eigenvalue weighted by Crippen LogP contribution is -2.55. The molecule has 26 heavy (non-hydrogen) atoms. The molecule has 1 aromatic heterocycles. The van der Waals surface area contributed by atoms with Crippen molar-refractivity contribution in [3.05, 3.63) is 53.7 Å². The Morgan fingerprint density at radius 1 is 1.38 bits per heavy atom. The maximum Gasteiger partial charge on any atom is 0.246 e. The molecule has 2 aromatic rings. The minimum Gasteiger partial charge on any atom is -0.356 e. The second-order valence-corrected chi connectivity index (χ2v) is 6.67. The molecule has 136 valence electrons. The van der Waals surface area contributed by atoms with Crippen LogP contribution in [0.2, 0.25) is 5.02 Å². The fourth-order valence-electron chi connectivity index (χ4n) is 3.10. The number of hydrogen-bond donors (Lipinski definition) is 0. The molecule has 7 heteroatoms. The Bertz CT molecular complexity index is 833. The van der Waals surface area contributed by atoms with Crippen molar-refractivity contribution >= 4 is 23.4 Å². The molecule has 0 unspecified atom stereocenters. The average Bonchev–Trinajstić information content (AvgIpc) is 3.09. The standard InChI is InChI=1S/C19H20ClN3O3/c1-3-18(24)22-8-9-23(13(2)12-22)19(25)11-14-10-17(26-21-14)15-6-4-5-7-16(15)20/h3-7,10,13H,1,8-9,11-12H2,2H3/t13-/m0/s1. The van der Waals surface area contributed by atoms with E-state index in [4.69, 9.17) is 16.1 Å². The van der Waals surface area contributed by atoms with E-state index >= 15 is 0 Å². The third-order valence-corrected chi connectivity index (χ3v) is 4.79. The van der Waals surface area contributed by atoms with Crippen molar-refractivity contribution in [1.29, 1.82) is 0 Å². The molecule has 0 spiro atoms. The summed E-state index contributed by atoms with van der Waals surface area (Å²) in [6.07, 6.45) is 1.45. The van der Waals surface area contributed by atoms with Gasteiger partial charge in [0.15, 0.2) is 5.76 Å². The van der Waals surface area contributed by atoms with E-state index in [-0.39, 0.29) is 24.3 Å². The zero-order valence-electron chi connectivity index (χ0n) is 14.5. The number of halogens is 1. The topological polar surface area (TPSA) is 66.7 Å². The Balaban J connectivity index is 1.65. The van der Waals surface area contributed by atoms with E-state index in [2.05, 4.69) is 11.7 Å². The van der Waals surface area contributed by atoms with Crippen LogP contribution in [-0.4, -0.2) is 52.4 Å². The summed E-state index contributed by atoms with van der Waals surface area (Å²) >= 11 is 6.16. The molecular formula is C19H20ClN3O3. The number of nitrogens with zero attached hydrogens (tertiary/aromatic N) is 3. The maximum absolute atomic E-state index is 12.6. The maximum atomic E-state index is 12.6. The molecule has 1 aliphatic rings. The van der Waals surface area contributed by atoms with Gasteiger partial charge in [-0.2, -0.15) is 0 Å². The van der Waals surface area contributed by atoms with Crippen molar-refractivity contribution in [2.45, 2.75) is 19.4 Å².